The maximum absolute atomic E-state index is 12.3. The third-order valence-corrected chi connectivity index (χ3v) is 6.18. The second-order valence-corrected chi connectivity index (χ2v) is 7.28. The first-order valence-corrected chi connectivity index (χ1v) is 8.02. The van der Waals surface area contributed by atoms with Crippen molar-refractivity contribution < 1.29 is 4.21 Å². The molecule has 1 saturated carbocycles. The van der Waals surface area contributed by atoms with E-state index in [1.165, 1.54) is 19.3 Å². The van der Waals surface area contributed by atoms with Gasteiger partial charge in [-0.15, -0.1) is 0 Å². The summed E-state index contributed by atoms with van der Waals surface area (Å²) in [6.07, 6.45) is 6.91. The number of hydrogen-bond donors (Lipinski definition) is 1. The Hall–Kier alpha value is 0.110. The molecule has 1 aliphatic rings. The summed E-state index contributed by atoms with van der Waals surface area (Å²) in [4.78, 5) is 0. The van der Waals surface area contributed by atoms with Gasteiger partial charge in [-0.3, -0.25) is 4.21 Å². The molecule has 0 aromatic rings. The van der Waals surface area contributed by atoms with Gasteiger partial charge in [0, 0.05) is 22.1 Å². The zero-order valence-electron chi connectivity index (χ0n) is 10.9. The Morgan fingerprint density at radius 1 is 1.38 bits per heavy atom. The number of rotatable bonds is 5. The predicted molar refractivity (Wildman–Crippen MR) is 71.9 cm³/mol. The third-order valence-electron chi connectivity index (χ3n) is 3.92. The molecule has 5 unspecified atom stereocenters. The Morgan fingerprint density at radius 3 is 2.62 bits per heavy atom. The van der Waals surface area contributed by atoms with Crippen molar-refractivity contribution >= 4 is 10.8 Å². The summed E-state index contributed by atoms with van der Waals surface area (Å²) < 4.78 is 12.3. The average Bonchev–Trinajstić information content (AvgIpc) is 2.30. The molecule has 1 rings (SSSR count). The van der Waals surface area contributed by atoms with Gasteiger partial charge in [0.05, 0.1) is 5.25 Å². The summed E-state index contributed by atoms with van der Waals surface area (Å²) in [6.45, 7) is 6.43. The van der Waals surface area contributed by atoms with Gasteiger partial charge in [0.2, 0.25) is 0 Å². The van der Waals surface area contributed by atoms with Crippen LogP contribution in [0.4, 0.5) is 0 Å². The van der Waals surface area contributed by atoms with Crippen LogP contribution in [0.2, 0.25) is 0 Å². The predicted octanol–water partition coefficient (Wildman–Crippen LogP) is 2.83. The van der Waals surface area contributed by atoms with Gasteiger partial charge >= 0.3 is 0 Å². The molecule has 0 spiro atoms. The molecule has 3 heteroatoms. The van der Waals surface area contributed by atoms with E-state index in [0.717, 1.165) is 25.2 Å². The molecule has 16 heavy (non-hydrogen) atoms. The fourth-order valence-corrected chi connectivity index (χ4v) is 4.50. The molecule has 96 valence electrons. The van der Waals surface area contributed by atoms with Gasteiger partial charge in [-0.05, 0) is 31.6 Å². The second-order valence-electron chi connectivity index (χ2n) is 5.22. The molecular weight excluding hydrogens is 218 g/mol. The van der Waals surface area contributed by atoms with Gasteiger partial charge < -0.3 is 5.73 Å². The summed E-state index contributed by atoms with van der Waals surface area (Å²) in [6, 6.07) is 0.169. The van der Waals surface area contributed by atoms with Crippen LogP contribution in [0.5, 0.6) is 0 Å². The molecule has 0 saturated heterocycles. The zero-order chi connectivity index (χ0) is 12.1. The van der Waals surface area contributed by atoms with Crippen molar-refractivity contribution in [2.45, 2.75) is 75.8 Å². The molecule has 1 fully saturated rings. The van der Waals surface area contributed by atoms with Crippen molar-refractivity contribution in [2.75, 3.05) is 0 Å². The highest BCUT2D eigenvalue weighted by atomic mass is 32.2. The Kier molecular flexibility index (Phi) is 5.98. The van der Waals surface area contributed by atoms with Crippen molar-refractivity contribution in [3.8, 4) is 0 Å². The molecule has 0 amide bonds. The summed E-state index contributed by atoms with van der Waals surface area (Å²) in [5, 5.41) is 0.552. The van der Waals surface area contributed by atoms with Crippen LogP contribution in [-0.2, 0) is 10.8 Å². The van der Waals surface area contributed by atoms with E-state index in [1.54, 1.807) is 0 Å². The second kappa shape index (κ2) is 6.75. The third kappa shape index (κ3) is 3.56. The Balaban J connectivity index is 2.58. The van der Waals surface area contributed by atoms with Crippen molar-refractivity contribution in [1.29, 1.82) is 0 Å². The van der Waals surface area contributed by atoms with Gasteiger partial charge in [-0.1, -0.05) is 33.6 Å². The van der Waals surface area contributed by atoms with E-state index in [2.05, 4.69) is 20.8 Å². The van der Waals surface area contributed by atoms with Crippen LogP contribution in [0.3, 0.4) is 0 Å². The highest BCUT2D eigenvalue weighted by Crippen LogP contribution is 2.31. The van der Waals surface area contributed by atoms with Gasteiger partial charge in [0.15, 0.2) is 0 Å². The molecule has 2 nitrogen and oxygen atoms in total. The van der Waals surface area contributed by atoms with Gasteiger partial charge in [0.1, 0.15) is 0 Å². The molecule has 0 aromatic carbocycles. The van der Waals surface area contributed by atoms with Crippen LogP contribution in [0.15, 0.2) is 0 Å². The lowest BCUT2D eigenvalue weighted by molar-refractivity contribution is 0.313. The van der Waals surface area contributed by atoms with Crippen LogP contribution < -0.4 is 5.73 Å². The summed E-state index contributed by atoms with van der Waals surface area (Å²) in [5.74, 6) is 0.766. The molecule has 1 aliphatic carbocycles. The van der Waals surface area contributed by atoms with Crippen molar-refractivity contribution in [2.24, 2.45) is 11.7 Å². The summed E-state index contributed by atoms with van der Waals surface area (Å²) in [7, 11) is -0.731. The smallest absolute Gasteiger partial charge is 0.0504 e. The average molecular weight is 245 g/mol. The van der Waals surface area contributed by atoms with Crippen LogP contribution in [0.1, 0.15) is 59.3 Å². The lowest BCUT2D eigenvalue weighted by atomic mass is 9.83. The number of hydrogen-bond acceptors (Lipinski definition) is 2. The van der Waals surface area contributed by atoms with Crippen LogP contribution in [-0.4, -0.2) is 20.8 Å². The van der Waals surface area contributed by atoms with Crippen molar-refractivity contribution in [3.05, 3.63) is 0 Å². The first kappa shape index (κ1) is 14.2. The quantitative estimate of drug-likeness (QED) is 0.809. The minimum Gasteiger partial charge on any atom is -0.327 e. The first-order chi connectivity index (χ1) is 7.60. The maximum Gasteiger partial charge on any atom is 0.0504 e. The normalized spacial score (nSPS) is 34.6. The first-order valence-electron chi connectivity index (χ1n) is 6.75. The molecule has 5 atom stereocenters. The Morgan fingerprint density at radius 2 is 2.06 bits per heavy atom. The van der Waals surface area contributed by atoms with Crippen LogP contribution >= 0.6 is 0 Å². The molecular formula is C13H27NOS. The van der Waals surface area contributed by atoms with Gasteiger partial charge in [-0.2, -0.15) is 0 Å². The zero-order valence-corrected chi connectivity index (χ0v) is 11.8. The molecule has 0 aliphatic heterocycles. The van der Waals surface area contributed by atoms with E-state index in [4.69, 9.17) is 5.73 Å². The lowest BCUT2D eigenvalue weighted by Gasteiger charge is -2.34. The monoisotopic (exact) mass is 245 g/mol. The molecule has 0 radical (unpaired) electrons. The molecule has 0 heterocycles. The SMILES string of the molecule is CCCC1CCC(N)C(S(=O)C(C)CC)C1. The minimum atomic E-state index is -0.731. The standard InChI is InChI=1S/C13H27NOS/c1-4-6-11-7-8-12(14)13(9-11)16(15)10(3)5-2/h10-13H,4-9,14H2,1-3H3. The fraction of sp³-hybridized carbons (Fsp3) is 1.00. The highest BCUT2D eigenvalue weighted by molar-refractivity contribution is 7.86. The summed E-state index contributed by atoms with van der Waals surface area (Å²) in [5.41, 5.74) is 6.14. The largest absolute Gasteiger partial charge is 0.327 e. The number of nitrogens with two attached hydrogens (primary N) is 1. The highest BCUT2D eigenvalue weighted by Gasteiger charge is 2.33. The van der Waals surface area contributed by atoms with E-state index in [-0.39, 0.29) is 11.3 Å². The van der Waals surface area contributed by atoms with E-state index >= 15 is 0 Å². The fourth-order valence-electron chi connectivity index (χ4n) is 2.64. The van der Waals surface area contributed by atoms with Crippen LogP contribution in [0.25, 0.3) is 0 Å². The topological polar surface area (TPSA) is 43.1 Å². The van der Waals surface area contributed by atoms with Gasteiger partial charge in [-0.25, -0.2) is 0 Å². The van der Waals surface area contributed by atoms with Gasteiger partial charge in [0.25, 0.3) is 0 Å². The van der Waals surface area contributed by atoms with E-state index in [1.807, 2.05) is 0 Å². The Bertz CT molecular complexity index is 232. The van der Waals surface area contributed by atoms with Crippen molar-refractivity contribution in [3.63, 3.8) is 0 Å². The van der Waals surface area contributed by atoms with E-state index in [0.29, 0.717) is 5.25 Å². The summed E-state index contributed by atoms with van der Waals surface area (Å²) >= 11 is 0. The molecule has 2 N–H and O–H groups in total. The van der Waals surface area contributed by atoms with Crippen molar-refractivity contribution in [1.82, 2.24) is 0 Å². The maximum atomic E-state index is 12.3. The Labute approximate surface area is 103 Å². The van der Waals surface area contributed by atoms with E-state index < -0.39 is 10.8 Å². The van der Waals surface area contributed by atoms with Crippen LogP contribution in [0, 0.1) is 5.92 Å². The van der Waals surface area contributed by atoms with E-state index in [9.17, 15) is 4.21 Å². The molecule has 0 aromatic heterocycles. The molecule has 0 bridgehead atoms. The lowest BCUT2D eigenvalue weighted by Crippen LogP contribution is -2.45. The minimum absolute atomic E-state index is 0.169.